The lowest BCUT2D eigenvalue weighted by molar-refractivity contribution is 0.0697. The van der Waals surface area contributed by atoms with E-state index in [-0.39, 0.29) is 5.56 Å². The van der Waals surface area contributed by atoms with E-state index in [2.05, 4.69) is 10.1 Å². The first-order valence-electron chi connectivity index (χ1n) is 5.93. The lowest BCUT2D eigenvalue weighted by Gasteiger charge is -1.98. The topological polar surface area (TPSA) is 68.0 Å². The molecule has 0 spiro atoms. The Morgan fingerprint density at radius 1 is 1.30 bits per heavy atom. The number of thiazole rings is 1. The van der Waals surface area contributed by atoms with Crippen LogP contribution in [0.5, 0.6) is 0 Å². The van der Waals surface area contributed by atoms with Crippen molar-refractivity contribution in [1.82, 2.24) is 14.8 Å². The zero-order valence-electron chi connectivity index (χ0n) is 10.6. The predicted molar refractivity (Wildman–Crippen MR) is 76.7 cm³/mol. The Morgan fingerprint density at radius 2 is 2.15 bits per heavy atom. The zero-order chi connectivity index (χ0) is 14.1. The molecule has 2 heterocycles. The van der Waals surface area contributed by atoms with E-state index in [1.165, 1.54) is 11.3 Å². The van der Waals surface area contributed by atoms with E-state index in [0.717, 1.165) is 22.0 Å². The molecule has 0 amide bonds. The summed E-state index contributed by atoms with van der Waals surface area (Å²) < 4.78 is 1.72. The largest absolute Gasteiger partial charge is 0.478 e. The van der Waals surface area contributed by atoms with Crippen LogP contribution in [0.1, 0.15) is 10.4 Å². The first-order chi connectivity index (χ1) is 9.63. The standard InChI is InChI=1S/C14H11N3O2S/c1-17-6-5-11(16-17)13-15-12(8-20-13)9-3-2-4-10(7-9)14(18)19/h2-8H,1H3,(H,18,19). The van der Waals surface area contributed by atoms with E-state index in [9.17, 15) is 4.79 Å². The summed E-state index contributed by atoms with van der Waals surface area (Å²) in [4.78, 5) is 15.5. The van der Waals surface area contributed by atoms with Gasteiger partial charge < -0.3 is 5.11 Å². The molecule has 0 aliphatic heterocycles. The van der Waals surface area contributed by atoms with Crippen molar-refractivity contribution in [3.8, 4) is 22.0 Å². The van der Waals surface area contributed by atoms with Gasteiger partial charge in [0.15, 0.2) is 0 Å². The molecule has 3 rings (SSSR count). The van der Waals surface area contributed by atoms with Crippen molar-refractivity contribution in [3.05, 3.63) is 47.5 Å². The van der Waals surface area contributed by atoms with Crippen molar-refractivity contribution in [2.75, 3.05) is 0 Å². The number of aromatic carboxylic acids is 1. The number of aryl methyl sites for hydroxylation is 1. The number of hydrogen-bond donors (Lipinski definition) is 1. The highest BCUT2D eigenvalue weighted by atomic mass is 32.1. The molecule has 0 radical (unpaired) electrons. The van der Waals surface area contributed by atoms with Crippen LogP contribution in [0.25, 0.3) is 22.0 Å². The third-order valence-corrected chi connectivity index (χ3v) is 3.71. The van der Waals surface area contributed by atoms with Crippen molar-refractivity contribution in [2.24, 2.45) is 7.05 Å². The van der Waals surface area contributed by atoms with Gasteiger partial charge in [-0.3, -0.25) is 4.68 Å². The molecule has 0 atom stereocenters. The Balaban J connectivity index is 1.98. The Morgan fingerprint density at radius 3 is 2.85 bits per heavy atom. The molecule has 100 valence electrons. The summed E-state index contributed by atoms with van der Waals surface area (Å²) in [5.74, 6) is -0.938. The van der Waals surface area contributed by atoms with Crippen LogP contribution in [0, 0.1) is 0 Å². The van der Waals surface area contributed by atoms with Crippen molar-refractivity contribution in [1.29, 1.82) is 0 Å². The van der Waals surface area contributed by atoms with Crippen LogP contribution in [0.15, 0.2) is 41.9 Å². The van der Waals surface area contributed by atoms with Crippen molar-refractivity contribution >= 4 is 17.3 Å². The van der Waals surface area contributed by atoms with Crippen LogP contribution < -0.4 is 0 Å². The van der Waals surface area contributed by atoms with Gasteiger partial charge in [0.1, 0.15) is 10.7 Å². The SMILES string of the molecule is Cn1ccc(-c2nc(-c3cccc(C(=O)O)c3)cs2)n1. The molecule has 6 heteroatoms. The van der Waals surface area contributed by atoms with Gasteiger partial charge in [-0.15, -0.1) is 11.3 Å². The minimum atomic E-state index is -0.938. The second kappa shape index (κ2) is 4.90. The maximum atomic E-state index is 11.0. The molecule has 3 aromatic rings. The van der Waals surface area contributed by atoms with Crippen LogP contribution in [-0.4, -0.2) is 25.8 Å². The van der Waals surface area contributed by atoms with Crippen LogP contribution in [0.2, 0.25) is 0 Å². The monoisotopic (exact) mass is 285 g/mol. The zero-order valence-corrected chi connectivity index (χ0v) is 11.5. The highest BCUT2D eigenvalue weighted by Crippen LogP contribution is 2.28. The number of nitrogens with zero attached hydrogens (tertiary/aromatic N) is 3. The Bertz CT molecular complexity index is 776. The predicted octanol–water partition coefficient (Wildman–Crippen LogP) is 2.91. The first-order valence-corrected chi connectivity index (χ1v) is 6.81. The third kappa shape index (κ3) is 2.33. The van der Waals surface area contributed by atoms with Gasteiger partial charge in [-0.2, -0.15) is 5.10 Å². The van der Waals surface area contributed by atoms with Gasteiger partial charge in [-0.1, -0.05) is 12.1 Å². The van der Waals surface area contributed by atoms with Gasteiger partial charge in [0, 0.05) is 24.2 Å². The van der Waals surface area contributed by atoms with Crippen molar-refractivity contribution in [3.63, 3.8) is 0 Å². The number of carboxylic acid groups (broad SMARTS) is 1. The molecule has 2 aromatic heterocycles. The van der Waals surface area contributed by atoms with E-state index in [0.29, 0.717) is 0 Å². The summed E-state index contributed by atoms with van der Waals surface area (Å²) in [6, 6.07) is 8.66. The molecule has 0 saturated carbocycles. The minimum Gasteiger partial charge on any atom is -0.478 e. The summed E-state index contributed by atoms with van der Waals surface area (Å²) >= 11 is 1.49. The highest BCUT2D eigenvalue weighted by molar-refractivity contribution is 7.13. The van der Waals surface area contributed by atoms with Gasteiger partial charge in [0.05, 0.1) is 11.3 Å². The molecular weight excluding hydrogens is 274 g/mol. The summed E-state index contributed by atoms with van der Waals surface area (Å²) in [6.45, 7) is 0. The maximum Gasteiger partial charge on any atom is 0.335 e. The number of rotatable bonds is 3. The fraction of sp³-hybridized carbons (Fsp3) is 0.0714. The van der Waals surface area contributed by atoms with Crippen molar-refractivity contribution in [2.45, 2.75) is 0 Å². The molecule has 20 heavy (non-hydrogen) atoms. The summed E-state index contributed by atoms with van der Waals surface area (Å²) in [7, 11) is 1.86. The van der Waals surface area contributed by atoms with Gasteiger partial charge in [0.25, 0.3) is 0 Å². The molecule has 0 aliphatic carbocycles. The van der Waals surface area contributed by atoms with Gasteiger partial charge in [-0.25, -0.2) is 9.78 Å². The fourth-order valence-electron chi connectivity index (χ4n) is 1.86. The molecular formula is C14H11N3O2S. The summed E-state index contributed by atoms with van der Waals surface area (Å²) in [5, 5.41) is 16.0. The smallest absolute Gasteiger partial charge is 0.335 e. The number of hydrogen-bond acceptors (Lipinski definition) is 4. The van der Waals surface area contributed by atoms with Crippen LogP contribution >= 0.6 is 11.3 Å². The lowest BCUT2D eigenvalue weighted by atomic mass is 10.1. The number of carbonyl (C=O) groups is 1. The Hall–Kier alpha value is -2.47. The van der Waals surface area contributed by atoms with Crippen LogP contribution in [0.3, 0.4) is 0 Å². The van der Waals surface area contributed by atoms with E-state index in [4.69, 9.17) is 5.11 Å². The van der Waals surface area contributed by atoms with E-state index in [1.54, 1.807) is 22.9 Å². The molecule has 0 bridgehead atoms. The van der Waals surface area contributed by atoms with Crippen molar-refractivity contribution < 1.29 is 9.90 Å². The second-order valence-electron chi connectivity index (χ2n) is 4.30. The quantitative estimate of drug-likeness (QED) is 0.803. The fourth-order valence-corrected chi connectivity index (χ4v) is 2.66. The van der Waals surface area contributed by atoms with E-state index in [1.807, 2.05) is 30.8 Å². The average Bonchev–Trinajstić information content (AvgIpc) is 3.07. The normalized spacial score (nSPS) is 10.7. The number of benzene rings is 1. The average molecular weight is 285 g/mol. The Labute approximate surface area is 119 Å². The maximum absolute atomic E-state index is 11.0. The lowest BCUT2D eigenvalue weighted by Crippen LogP contribution is -1.95. The third-order valence-electron chi connectivity index (χ3n) is 2.84. The van der Waals surface area contributed by atoms with E-state index < -0.39 is 5.97 Å². The number of carboxylic acids is 1. The van der Waals surface area contributed by atoms with Gasteiger partial charge >= 0.3 is 5.97 Å². The van der Waals surface area contributed by atoms with Crippen LogP contribution in [-0.2, 0) is 7.05 Å². The molecule has 5 nitrogen and oxygen atoms in total. The van der Waals surface area contributed by atoms with Gasteiger partial charge in [-0.05, 0) is 18.2 Å². The summed E-state index contributed by atoms with van der Waals surface area (Å²) in [6.07, 6.45) is 1.86. The second-order valence-corrected chi connectivity index (χ2v) is 5.16. The Kier molecular flexibility index (Phi) is 3.08. The van der Waals surface area contributed by atoms with Crippen LogP contribution in [0.4, 0.5) is 0 Å². The molecule has 1 aromatic carbocycles. The van der Waals surface area contributed by atoms with E-state index >= 15 is 0 Å². The summed E-state index contributed by atoms with van der Waals surface area (Å²) in [5.41, 5.74) is 2.63. The molecule has 1 N–H and O–H groups in total. The molecule has 0 unspecified atom stereocenters. The number of aromatic nitrogens is 3. The van der Waals surface area contributed by atoms with Gasteiger partial charge in [0.2, 0.25) is 0 Å². The minimum absolute atomic E-state index is 0.259. The highest BCUT2D eigenvalue weighted by Gasteiger charge is 2.10. The molecule has 0 saturated heterocycles. The molecule has 0 aliphatic rings. The first kappa shape index (κ1) is 12.6. The molecule has 0 fully saturated rings.